The van der Waals surface area contributed by atoms with Gasteiger partial charge in [-0.05, 0) is 37.5 Å². The molecule has 1 rings (SSSR count). The van der Waals surface area contributed by atoms with E-state index in [1.807, 2.05) is 13.8 Å². The molecule has 110 valence electrons. The quantitative estimate of drug-likeness (QED) is 0.633. The Balaban J connectivity index is 2.38. The van der Waals surface area contributed by atoms with Gasteiger partial charge in [-0.15, -0.1) is 0 Å². The Bertz CT molecular complexity index is 334. The number of urea groups is 1. The zero-order chi connectivity index (χ0) is 14.5. The first-order valence-electron chi connectivity index (χ1n) is 7.19. The maximum atomic E-state index is 11.7. The molecule has 0 saturated heterocycles. The second-order valence-electron chi connectivity index (χ2n) is 5.68. The first kappa shape index (κ1) is 15.8. The van der Waals surface area contributed by atoms with Gasteiger partial charge in [0.05, 0.1) is 5.41 Å². The highest BCUT2D eigenvalue weighted by Crippen LogP contribution is 2.47. The van der Waals surface area contributed by atoms with Crippen molar-refractivity contribution in [3.63, 3.8) is 0 Å². The molecule has 2 amide bonds. The van der Waals surface area contributed by atoms with Crippen LogP contribution in [0.15, 0.2) is 0 Å². The van der Waals surface area contributed by atoms with Crippen LogP contribution in [0.1, 0.15) is 52.9 Å². The Labute approximate surface area is 115 Å². The van der Waals surface area contributed by atoms with Crippen LogP contribution in [0.4, 0.5) is 4.79 Å². The van der Waals surface area contributed by atoms with Gasteiger partial charge in [0.15, 0.2) is 0 Å². The summed E-state index contributed by atoms with van der Waals surface area (Å²) in [4.78, 5) is 23.0. The molecule has 0 unspecified atom stereocenters. The van der Waals surface area contributed by atoms with E-state index >= 15 is 0 Å². The van der Waals surface area contributed by atoms with Gasteiger partial charge in [0.25, 0.3) is 0 Å². The average Bonchev–Trinajstić information content (AvgIpc) is 3.18. The minimum absolute atomic E-state index is 0.181. The van der Waals surface area contributed by atoms with Gasteiger partial charge in [0, 0.05) is 13.1 Å². The van der Waals surface area contributed by atoms with E-state index in [1.54, 1.807) is 0 Å². The number of carboxylic acid groups (broad SMARTS) is 1. The van der Waals surface area contributed by atoms with Crippen LogP contribution in [0, 0.1) is 10.8 Å². The molecule has 0 aromatic rings. The lowest BCUT2D eigenvalue weighted by molar-refractivity contribution is -0.149. The molecule has 1 aliphatic rings. The summed E-state index contributed by atoms with van der Waals surface area (Å²) < 4.78 is 0. The van der Waals surface area contributed by atoms with Crippen LogP contribution >= 0.6 is 0 Å². The van der Waals surface area contributed by atoms with E-state index in [1.165, 1.54) is 12.8 Å². The molecule has 0 radical (unpaired) electrons. The van der Waals surface area contributed by atoms with Crippen molar-refractivity contribution in [1.82, 2.24) is 10.6 Å². The standard InChI is InChI=1S/C14H26N2O3/c1-4-13(7-8-13)9-15-12(19)16-10-14(5-2,6-3)11(17)18/h4-10H2,1-3H3,(H,17,18)(H2,15,16,19). The van der Waals surface area contributed by atoms with Crippen LogP contribution in [0.2, 0.25) is 0 Å². The van der Waals surface area contributed by atoms with E-state index in [0.717, 1.165) is 6.42 Å². The monoisotopic (exact) mass is 270 g/mol. The van der Waals surface area contributed by atoms with Gasteiger partial charge in [-0.25, -0.2) is 4.79 Å². The summed E-state index contributed by atoms with van der Waals surface area (Å²) in [6, 6.07) is -0.257. The summed E-state index contributed by atoms with van der Waals surface area (Å²) in [6.07, 6.45) is 4.45. The van der Waals surface area contributed by atoms with E-state index in [-0.39, 0.29) is 12.6 Å². The molecule has 0 aromatic carbocycles. The number of hydrogen-bond donors (Lipinski definition) is 3. The summed E-state index contributed by atoms with van der Waals surface area (Å²) in [5.74, 6) is -0.843. The van der Waals surface area contributed by atoms with Crippen molar-refractivity contribution in [2.75, 3.05) is 13.1 Å². The van der Waals surface area contributed by atoms with Gasteiger partial charge in [0.2, 0.25) is 0 Å². The van der Waals surface area contributed by atoms with Crippen LogP contribution in [0.3, 0.4) is 0 Å². The number of aliphatic carboxylic acids is 1. The van der Waals surface area contributed by atoms with E-state index < -0.39 is 11.4 Å². The third-order valence-electron chi connectivity index (χ3n) is 4.73. The summed E-state index contributed by atoms with van der Waals surface area (Å²) in [5, 5.41) is 14.8. The molecule has 1 aliphatic carbocycles. The Morgan fingerprint density at radius 3 is 2.11 bits per heavy atom. The molecule has 0 aliphatic heterocycles. The Morgan fingerprint density at radius 1 is 1.16 bits per heavy atom. The van der Waals surface area contributed by atoms with Crippen LogP contribution in [0.5, 0.6) is 0 Å². The molecule has 0 heterocycles. The van der Waals surface area contributed by atoms with Crippen molar-refractivity contribution in [1.29, 1.82) is 0 Å². The molecular formula is C14H26N2O3. The van der Waals surface area contributed by atoms with E-state index in [4.69, 9.17) is 0 Å². The number of carboxylic acids is 1. The predicted octanol–water partition coefficient (Wildman–Crippen LogP) is 2.37. The fourth-order valence-corrected chi connectivity index (χ4v) is 2.29. The highest BCUT2D eigenvalue weighted by molar-refractivity contribution is 5.78. The first-order chi connectivity index (χ1) is 8.93. The zero-order valence-corrected chi connectivity index (χ0v) is 12.2. The summed E-state index contributed by atoms with van der Waals surface area (Å²) in [5.41, 5.74) is -0.546. The topological polar surface area (TPSA) is 78.4 Å². The smallest absolute Gasteiger partial charge is 0.314 e. The van der Waals surface area contributed by atoms with Crippen molar-refractivity contribution in [2.45, 2.75) is 52.9 Å². The van der Waals surface area contributed by atoms with Crippen molar-refractivity contribution in [3.05, 3.63) is 0 Å². The number of amides is 2. The largest absolute Gasteiger partial charge is 0.481 e. The number of hydrogen-bond acceptors (Lipinski definition) is 2. The summed E-state index contributed by atoms with van der Waals surface area (Å²) in [6.45, 7) is 6.69. The lowest BCUT2D eigenvalue weighted by atomic mass is 9.82. The number of rotatable bonds is 8. The number of carbonyl (C=O) groups is 2. The van der Waals surface area contributed by atoms with Gasteiger partial charge in [-0.3, -0.25) is 4.79 Å². The molecule has 0 aromatic heterocycles. The second kappa shape index (κ2) is 6.26. The fraction of sp³-hybridized carbons (Fsp3) is 0.857. The van der Waals surface area contributed by atoms with Crippen LogP contribution in [-0.4, -0.2) is 30.2 Å². The number of carbonyl (C=O) groups excluding carboxylic acids is 1. The molecular weight excluding hydrogens is 244 g/mol. The van der Waals surface area contributed by atoms with Gasteiger partial charge < -0.3 is 15.7 Å². The summed E-state index contributed by atoms with van der Waals surface area (Å²) in [7, 11) is 0. The zero-order valence-electron chi connectivity index (χ0n) is 12.2. The highest BCUT2D eigenvalue weighted by Gasteiger charge is 2.41. The molecule has 5 heteroatoms. The Hall–Kier alpha value is -1.26. The summed E-state index contributed by atoms with van der Waals surface area (Å²) >= 11 is 0. The SMILES string of the molecule is CCC1(CNC(=O)NCC(CC)(CC)C(=O)O)CC1. The molecule has 19 heavy (non-hydrogen) atoms. The van der Waals surface area contributed by atoms with Crippen LogP contribution < -0.4 is 10.6 Å². The number of nitrogens with one attached hydrogen (secondary N) is 2. The Kier molecular flexibility index (Phi) is 5.20. The third-order valence-corrected chi connectivity index (χ3v) is 4.73. The minimum atomic E-state index is -0.848. The van der Waals surface area contributed by atoms with Gasteiger partial charge in [-0.1, -0.05) is 20.8 Å². The van der Waals surface area contributed by atoms with Crippen molar-refractivity contribution in [3.8, 4) is 0 Å². The minimum Gasteiger partial charge on any atom is -0.481 e. The Morgan fingerprint density at radius 2 is 1.74 bits per heavy atom. The molecule has 0 atom stereocenters. The molecule has 5 nitrogen and oxygen atoms in total. The van der Waals surface area contributed by atoms with E-state index in [9.17, 15) is 14.7 Å². The molecule has 1 saturated carbocycles. The lowest BCUT2D eigenvalue weighted by Gasteiger charge is -2.27. The van der Waals surface area contributed by atoms with E-state index in [2.05, 4.69) is 17.6 Å². The molecule has 0 spiro atoms. The van der Waals surface area contributed by atoms with Gasteiger partial charge in [0.1, 0.15) is 0 Å². The lowest BCUT2D eigenvalue weighted by Crippen LogP contribution is -2.46. The maximum absolute atomic E-state index is 11.7. The van der Waals surface area contributed by atoms with Crippen LogP contribution in [0.25, 0.3) is 0 Å². The van der Waals surface area contributed by atoms with Crippen molar-refractivity contribution in [2.24, 2.45) is 10.8 Å². The predicted molar refractivity (Wildman–Crippen MR) is 74.0 cm³/mol. The molecule has 0 bridgehead atoms. The highest BCUT2D eigenvalue weighted by atomic mass is 16.4. The first-order valence-corrected chi connectivity index (χ1v) is 7.19. The third kappa shape index (κ3) is 3.85. The molecule has 3 N–H and O–H groups in total. The second-order valence-corrected chi connectivity index (χ2v) is 5.68. The average molecular weight is 270 g/mol. The van der Waals surface area contributed by atoms with Crippen LogP contribution in [-0.2, 0) is 4.79 Å². The van der Waals surface area contributed by atoms with Gasteiger partial charge in [-0.2, -0.15) is 0 Å². The van der Waals surface area contributed by atoms with Gasteiger partial charge >= 0.3 is 12.0 Å². The van der Waals surface area contributed by atoms with Crippen molar-refractivity contribution >= 4 is 12.0 Å². The van der Waals surface area contributed by atoms with E-state index in [0.29, 0.717) is 24.8 Å². The maximum Gasteiger partial charge on any atom is 0.314 e. The molecule has 1 fully saturated rings. The fourth-order valence-electron chi connectivity index (χ4n) is 2.29. The van der Waals surface area contributed by atoms with Crippen molar-refractivity contribution < 1.29 is 14.7 Å². The normalized spacial score (nSPS) is 16.8.